The monoisotopic (exact) mass is 486 g/mol. The summed E-state index contributed by atoms with van der Waals surface area (Å²) in [5, 5.41) is 1.73. The fourth-order valence-electron chi connectivity index (χ4n) is 3.99. The van der Waals surface area contributed by atoms with Gasteiger partial charge in [0.1, 0.15) is 0 Å². The molecule has 26 heavy (non-hydrogen) atoms. The quantitative estimate of drug-likeness (QED) is 0.299. The number of aryl methyl sites for hydroxylation is 1. The van der Waals surface area contributed by atoms with E-state index in [-0.39, 0.29) is 0 Å². The van der Waals surface area contributed by atoms with Gasteiger partial charge in [-0.25, -0.2) is 0 Å². The molecule has 1 aromatic rings. The van der Waals surface area contributed by atoms with Gasteiger partial charge in [0, 0.05) is 0 Å². The van der Waals surface area contributed by atoms with Crippen LogP contribution < -0.4 is 9.16 Å². The Kier molecular flexibility index (Phi) is 9.53. The second-order valence-corrected chi connectivity index (χ2v) is 28.3. The molecule has 0 bridgehead atoms. The number of rotatable bonds is 11. The fourth-order valence-corrected chi connectivity index (χ4v) is 21.9. The standard InChI is InChI=1S/C11H19OSi.3C4H9.Sn/c1-9-7-8-12-10(9)13(5,6)11(2,3)4;3*1-3-4-2;/h7H,1-6H3;3*1,3-4H2,2H3;. The number of furan rings is 1. The molecule has 0 saturated carbocycles. The topological polar surface area (TPSA) is 13.1 Å². The van der Waals surface area contributed by atoms with Crippen molar-refractivity contribution in [1.82, 2.24) is 0 Å². The van der Waals surface area contributed by atoms with E-state index >= 15 is 0 Å². The zero-order valence-corrected chi connectivity index (χ0v) is 23.2. The SMILES string of the molecule is CCC[CH2][Sn]([CH2]CCC)([CH2]CCC)[c]1cc(C)c([Si](C)(C)C(C)(C)C)o1. The van der Waals surface area contributed by atoms with Gasteiger partial charge in [0.05, 0.1) is 0 Å². The predicted molar refractivity (Wildman–Crippen MR) is 125 cm³/mol. The van der Waals surface area contributed by atoms with Gasteiger partial charge in [0.25, 0.3) is 0 Å². The maximum absolute atomic E-state index is 6.92. The minimum absolute atomic E-state index is 0.335. The van der Waals surface area contributed by atoms with Crippen LogP contribution in [0.3, 0.4) is 0 Å². The molecule has 0 atom stereocenters. The average molecular weight is 485 g/mol. The van der Waals surface area contributed by atoms with Crippen LogP contribution in [0.2, 0.25) is 31.4 Å². The van der Waals surface area contributed by atoms with Crippen molar-refractivity contribution < 1.29 is 4.42 Å². The molecule has 0 radical (unpaired) electrons. The molecule has 0 aliphatic rings. The Morgan fingerprint density at radius 3 is 1.65 bits per heavy atom. The maximum atomic E-state index is 6.92. The summed E-state index contributed by atoms with van der Waals surface area (Å²) in [7, 11) is -1.61. The molecule has 1 nitrogen and oxygen atoms in total. The van der Waals surface area contributed by atoms with Crippen LogP contribution in [0.1, 0.15) is 85.6 Å². The van der Waals surface area contributed by atoms with E-state index < -0.39 is 26.5 Å². The molecule has 0 spiro atoms. The van der Waals surface area contributed by atoms with Crippen molar-refractivity contribution in [1.29, 1.82) is 0 Å². The van der Waals surface area contributed by atoms with Crippen molar-refractivity contribution in [3.8, 4) is 0 Å². The summed E-state index contributed by atoms with van der Waals surface area (Å²) in [5.74, 6) is 0. The molecule has 1 aromatic heterocycles. The first kappa shape index (κ1) is 24.3. The number of hydrogen-bond acceptors (Lipinski definition) is 1. The summed E-state index contributed by atoms with van der Waals surface area (Å²) in [5.41, 5.74) is 1.46. The Balaban J connectivity index is 3.39. The summed E-state index contributed by atoms with van der Waals surface area (Å²) >= 11 is -2.44. The van der Waals surface area contributed by atoms with Crippen molar-refractivity contribution in [3.63, 3.8) is 0 Å². The van der Waals surface area contributed by atoms with Crippen LogP contribution in [-0.2, 0) is 0 Å². The van der Waals surface area contributed by atoms with Crippen molar-refractivity contribution in [2.24, 2.45) is 0 Å². The first-order chi connectivity index (χ1) is 12.1. The zero-order chi connectivity index (χ0) is 20.0. The van der Waals surface area contributed by atoms with Crippen molar-refractivity contribution >= 4 is 35.6 Å². The third kappa shape index (κ3) is 5.65. The third-order valence-electron chi connectivity index (χ3n) is 6.91. The normalized spacial score (nSPS) is 13.4. The van der Waals surface area contributed by atoms with E-state index in [1.165, 1.54) is 66.6 Å². The Bertz CT molecular complexity index is 517. The second-order valence-electron chi connectivity index (χ2n) is 10.1. The van der Waals surface area contributed by atoms with E-state index in [0.717, 1.165) is 0 Å². The molecule has 0 fully saturated rings. The van der Waals surface area contributed by atoms with Crippen LogP contribution in [0, 0.1) is 6.92 Å². The Labute approximate surface area is 169 Å². The molecule has 0 aliphatic heterocycles. The van der Waals surface area contributed by atoms with Crippen LogP contribution >= 0.6 is 0 Å². The molecule has 1 rings (SSSR count). The summed E-state index contributed by atoms with van der Waals surface area (Å²) in [4.78, 5) is 0. The van der Waals surface area contributed by atoms with E-state index in [4.69, 9.17) is 4.42 Å². The van der Waals surface area contributed by atoms with Gasteiger partial charge in [-0.3, -0.25) is 0 Å². The van der Waals surface area contributed by atoms with Gasteiger partial charge in [-0.05, 0) is 0 Å². The Morgan fingerprint density at radius 2 is 1.31 bits per heavy atom. The summed E-state index contributed by atoms with van der Waals surface area (Å²) in [6, 6.07) is 2.52. The number of unbranched alkanes of at least 4 members (excludes halogenated alkanes) is 3. The van der Waals surface area contributed by atoms with E-state index in [1.807, 2.05) is 0 Å². The van der Waals surface area contributed by atoms with Crippen LogP contribution in [-0.4, -0.2) is 26.5 Å². The van der Waals surface area contributed by atoms with E-state index in [0.29, 0.717) is 5.04 Å². The van der Waals surface area contributed by atoms with E-state index in [2.05, 4.69) is 67.6 Å². The molecule has 0 aliphatic carbocycles. The molecule has 0 N–H and O–H groups in total. The summed E-state index contributed by atoms with van der Waals surface area (Å²) in [6.45, 7) is 21.6. The Morgan fingerprint density at radius 1 is 0.885 bits per heavy atom. The van der Waals surface area contributed by atoms with Crippen molar-refractivity contribution in [3.05, 3.63) is 11.6 Å². The number of hydrogen-bond donors (Lipinski definition) is 0. The third-order valence-corrected chi connectivity index (χ3v) is 27.2. The van der Waals surface area contributed by atoms with Gasteiger partial charge in [-0.15, -0.1) is 0 Å². The second kappa shape index (κ2) is 10.2. The van der Waals surface area contributed by atoms with Gasteiger partial charge >= 0.3 is 170 Å². The van der Waals surface area contributed by atoms with Crippen LogP contribution in [0.15, 0.2) is 10.5 Å². The summed E-state index contributed by atoms with van der Waals surface area (Å²) in [6.07, 6.45) is 8.18. The summed E-state index contributed by atoms with van der Waals surface area (Å²) < 4.78 is 12.9. The molecule has 0 amide bonds. The minimum atomic E-state index is -2.44. The van der Waals surface area contributed by atoms with Crippen LogP contribution in [0.25, 0.3) is 0 Å². The van der Waals surface area contributed by atoms with Crippen LogP contribution in [0.5, 0.6) is 0 Å². The molecular weight excluding hydrogens is 439 g/mol. The molecule has 0 aromatic carbocycles. The van der Waals surface area contributed by atoms with Gasteiger partial charge in [-0.2, -0.15) is 0 Å². The van der Waals surface area contributed by atoms with E-state index in [1.54, 1.807) is 0 Å². The molecule has 0 saturated heterocycles. The first-order valence-electron chi connectivity index (χ1n) is 11.2. The van der Waals surface area contributed by atoms with Gasteiger partial charge < -0.3 is 0 Å². The molecule has 0 unspecified atom stereocenters. The first-order valence-corrected chi connectivity index (χ1v) is 21.6. The van der Waals surface area contributed by atoms with Crippen molar-refractivity contribution in [2.45, 2.75) is 118 Å². The van der Waals surface area contributed by atoms with Gasteiger partial charge in [0.2, 0.25) is 0 Å². The van der Waals surface area contributed by atoms with E-state index in [9.17, 15) is 0 Å². The molecule has 152 valence electrons. The molecule has 1 heterocycles. The van der Waals surface area contributed by atoms with Crippen LogP contribution in [0.4, 0.5) is 0 Å². The molecular formula is C23H46OSiSn. The van der Waals surface area contributed by atoms with Gasteiger partial charge in [-0.1, -0.05) is 0 Å². The average Bonchev–Trinajstić information content (AvgIpc) is 2.96. The fraction of sp³-hybridized carbons (Fsp3) is 0.826. The zero-order valence-electron chi connectivity index (χ0n) is 19.3. The Hall–Kier alpha value is 0.296. The van der Waals surface area contributed by atoms with Gasteiger partial charge in [0.15, 0.2) is 0 Å². The predicted octanol–water partition coefficient (Wildman–Crippen LogP) is 7.36. The van der Waals surface area contributed by atoms with Crippen molar-refractivity contribution in [2.75, 3.05) is 0 Å². The molecule has 3 heteroatoms.